The molecule has 0 bridgehead atoms. The molecule has 4 rings (SSSR count). The smallest absolute Gasteiger partial charge is 0.239 e. The molecule has 1 aliphatic rings. The van der Waals surface area contributed by atoms with Crippen LogP contribution in [0.15, 0.2) is 64.4 Å². The molecule has 0 amide bonds. The zero-order valence-electron chi connectivity index (χ0n) is 14.6. The molecule has 3 aromatic rings. The van der Waals surface area contributed by atoms with Gasteiger partial charge in [-0.1, -0.05) is 12.1 Å². The fourth-order valence-corrected chi connectivity index (χ4v) is 2.98. The lowest BCUT2D eigenvalue weighted by Gasteiger charge is -2.15. The third-order valence-corrected chi connectivity index (χ3v) is 4.48. The van der Waals surface area contributed by atoms with Gasteiger partial charge in [0.1, 0.15) is 5.95 Å². The maximum atomic E-state index is 11.1. The predicted molar refractivity (Wildman–Crippen MR) is 95.3 cm³/mol. The first-order chi connectivity index (χ1) is 12.6. The van der Waals surface area contributed by atoms with E-state index in [9.17, 15) is 5.11 Å². The summed E-state index contributed by atoms with van der Waals surface area (Å²) in [5.74, 6) is -0.471. The van der Waals surface area contributed by atoms with Gasteiger partial charge in [0.05, 0.1) is 17.0 Å². The molecule has 26 heavy (non-hydrogen) atoms. The van der Waals surface area contributed by atoms with Crippen LogP contribution < -0.4 is 20.1 Å². The van der Waals surface area contributed by atoms with Gasteiger partial charge in [-0.3, -0.25) is 0 Å². The first-order valence-electron chi connectivity index (χ1n) is 8.36. The molecule has 1 atom stereocenters. The van der Waals surface area contributed by atoms with Crippen molar-refractivity contribution in [2.75, 3.05) is 19.0 Å². The fourth-order valence-electron chi connectivity index (χ4n) is 2.98. The summed E-state index contributed by atoms with van der Waals surface area (Å²) >= 11 is 0. The van der Waals surface area contributed by atoms with E-state index >= 15 is 0 Å². The Balaban J connectivity index is 1.46. The van der Waals surface area contributed by atoms with Crippen LogP contribution in [0.1, 0.15) is 23.6 Å². The fraction of sp³-hybridized carbons (Fsp3) is 0.211. The van der Waals surface area contributed by atoms with Gasteiger partial charge in [-0.2, -0.15) is 5.10 Å². The van der Waals surface area contributed by atoms with E-state index in [2.05, 4.69) is 49.5 Å². The van der Waals surface area contributed by atoms with Gasteiger partial charge in [0, 0.05) is 38.3 Å². The zero-order chi connectivity index (χ0) is 18.1. The lowest BCUT2D eigenvalue weighted by atomic mass is 9.99. The third-order valence-electron chi connectivity index (χ3n) is 4.48. The number of hydrogen-bond acceptors (Lipinski definition) is 6. The number of hydrazone groups is 1. The summed E-state index contributed by atoms with van der Waals surface area (Å²) in [5.41, 5.74) is 8.43. The van der Waals surface area contributed by atoms with Gasteiger partial charge in [-0.25, -0.2) is 0 Å². The molecule has 1 aromatic heterocycles. The van der Waals surface area contributed by atoms with Crippen LogP contribution in [0.3, 0.4) is 0 Å². The van der Waals surface area contributed by atoms with Gasteiger partial charge < -0.3 is 20.0 Å². The number of hydrogen-bond donors (Lipinski definition) is 1. The van der Waals surface area contributed by atoms with Gasteiger partial charge in [0.15, 0.2) is 0 Å². The van der Waals surface area contributed by atoms with Gasteiger partial charge in [-0.15, -0.1) is 0 Å². The Kier molecular flexibility index (Phi) is 4.04. The third kappa shape index (κ3) is 3.11. The first kappa shape index (κ1) is 16.1. The first-order valence-corrected chi connectivity index (χ1v) is 8.36. The summed E-state index contributed by atoms with van der Waals surface area (Å²) in [5, 5.41) is 19.2. The summed E-state index contributed by atoms with van der Waals surface area (Å²) in [4.78, 5) is 2.08. The summed E-state index contributed by atoms with van der Waals surface area (Å²) < 4.78 is 5.97. The van der Waals surface area contributed by atoms with Crippen molar-refractivity contribution in [3.63, 3.8) is 0 Å². The second-order valence-corrected chi connectivity index (χ2v) is 6.44. The lowest BCUT2D eigenvalue weighted by molar-refractivity contribution is -0.670. The van der Waals surface area contributed by atoms with Crippen molar-refractivity contribution >= 4 is 11.4 Å². The van der Waals surface area contributed by atoms with E-state index in [-0.39, 0.29) is 6.04 Å². The topological polar surface area (TPSA) is 80.6 Å². The quantitative estimate of drug-likeness (QED) is 0.723. The van der Waals surface area contributed by atoms with Gasteiger partial charge in [-0.05, 0) is 40.1 Å². The standard InChI is InChI=1S/C19H19N5O2/c1-23(2)15-7-3-13(4-8-15)17-11-18(21-20-17)14-5-9-16(10-6-14)24-12-19(25)26-22-24/h3-10,12,17H,11H2,1-2H3,(H-,20,22,25). The second-order valence-electron chi connectivity index (χ2n) is 6.44. The largest absolute Gasteiger partial charge is 0.539 e. The van der Waals surface area contributed by atoms with Crippen molar-refractivity contribution in [3.05, 3.63) is 65.9 Å². The highest BCUT2D eigenvalue weighted by Gasteiger charge is 2.21. The van der Waals surface area contributed by atoms with Crippen molar-refractivity contribution in [3.8, 4) is 11.6 Å². The van der Waals surface area contributed by atoms with Crippen LogP contribution in [0.2, 0.25) is 0 Å². The Bertz CT molecular complexity index is 929. The van der Waals surface area contributed by atoms with E-state index in [1.54, 1.807) is 0 Å². The minimum atomic E-state index is -0.471. The Morgan fingerprint density at radius 3 is 2.46 bits per heavy atom. The molecule has 1 aliphatic heterocycles. The molecule has 2 aromatic carbocycles. The van der Waals surface area contributed by atoms with E-state index < -0.39 is 5.95 Å². The molecule has 0 saturated heterocycles. The van der Waals surface area contributed by atoms with E-state index in [0.29, 0.717) is 0 Å². The highest BCUT2D eigenvalue weighted by Crippen LogP contribution is 2.26. The summed E-state index contributed by atoms with van der Waals surface area (Å²) in [6.07, 6.45) is 2.12. The monoisotopic (exact) mass is 349 g/mol. The van der Waals surface area contributed by atoms with Crippen molar-refractivity contribution < 1.29 is 14.3 Å². The van der Waals surface area contributed by atoms with Crippen LogP contribution in [-0.2, 0) is 0 Å². The highest BCUT2D eigenvalue weighted by molar-refractivity contribution is 6.01. The Labute approximate surface area is 151 Å². The average molecular weight is 349 g/mol. The molecule has 7 nitrogen and oxygen atoms in total. The van der Waals surface area contributed by atoms with Crippen molar-refractivity contribution in [1.29, 1.82) is 0 Å². The molecule has 0 aliphatic carbocycles. The Morgan fingerprint density at radius 2 is 1.85 bits per heavy atom. The number of nitrogens with one attached hydrogen (secondary N) is 1. The van der Waals surface area contributed by atoms with Crippen LogP contribution in [0, 0.1) is 0 Å². The number of rotatable bonds is 4. The molecule has 1 N–H and O–H groups in total. The van der Waals surface area contributed by atoms with Crippen LogP contribution in [0.5, 0.6) is 5.95 Å². The summed E-state index contributed by atoms with van der Waals surface area (Å²) in [6, 6.07) is 16.4. The van der Waals surface area contributed by atoms with E-state index in [0.717, 1.165) is 23.4 Å². The SMILES string of the molecule is CN(C)c1ccc(C2CC(c3ccc(-[n+]4cc([O-])on4)cc3)=NN2)cc1. The highest BCUT2D eigenvalue weighted by atomic mass is 16.6. The van der Waals surface area contributed by atoms with Gasteiger partial charge in [0.2, 0.25) is 11.9 Å². The maximum Gasteiger partial charge on any atom is 0.239 e. The van der Waals surface area contributed by atoms with Crippen LogP contribution >= 0.6 is 0 Å². The molecule has 0 radical (unpaired) electrons. The predicted octanol–water partition coefficient (Wildman–Crippen LogP) is 1.53. The molecule has 0 spiro atoms. The normalized spacial score (nSPS) is 16.2. The molecule has 2 heterocycles. The van der Waals surface area contributed by atoms with Crippen LogP contribution in [0.25, 0.3) is 5.69 Å². The second kappa shape index (κ2) is 6.51. The van der Waals surface area contributed by atoms with E-state index in [1.807, 2.05) is 38.4 Å². The van der Waals surface area contributed by atoms with Crippen molar-refractivity contribution in [2.24, 2.45) is 5.10 Å². The number of nitrogens with zero attached hydrogens (tertiary/aromatic N) is 4. The van der Waals surface area contributed by atoms with Gasteiger partial charge in [0.25, 0.3) is 0 Å². The lowest BCUT2D eigenvalue weighted by Crippen LogP contribution is -2.31. The average Bonchev–Trinajstić information content (AvgIpc) is 3.31. The van der Waals surface area contributed by atoms with Gasteiger partial charge >= 0.3 is 0 Å². The van der Waals surface area contributed by atoms with Crippen molar-refractivity contribution in [2.45, 2.75) is 12.5 Å². The molecule has 0 fully saturated rings. The number of anilines is 1. The van der Waals surface area contributed by atoms with E-state index in [1.165, 1.54) is 22.1 Å². The molecule has 1 unspecified atom stereocenters. The molecule has 0 saturated carbocycles. The van der Waals surface area contributed by atoms with Crippen LogP contribution in [-0.4, -0.2) is 25.1 Å². The minimum Gasteiger partial charge on any atom is -0.539 e. The van der Waals surface area contributed by atoms with Crippen molar-refractivity contribution in [1.82, 2.24) is 10.7 Å². The number of benzene rings is 2. The molecule has 7 heteroatoms. The van der Waals surface area contributed by atoms with Crippen LogP contribution in [0.4, 0.5) is 5.69 Å². The zero-order valence-corrected chi connectivity index (χ0v) is 14.6. The minimum absolute atomic E-state index is 0.175. The Hall–Kier alpha value is -3.35. The van der Waals surface area contributed by atoms with E-state index in [4.69, 9.17) is 0 Å². The number of aromatic nitrogens is 2. The molecular weight excluding hydrogens is 330 g/mol. The summed E-state index contributed by atoms with van der Waals surface area (Å²) in [7, 11) is 4.06. The maximum absolute atomic E-state index is 11.1. The Morgan fingerprint density at radius 1 is 1.12 bits per heavy atom. The summed E-state index contributed by atoms with van der Waals surface area (Å²) in [6.45, 7) is 0. The molecule has 132 valence electrons. The molecular formula is C19H19N5O2.